The zero-order chi connectivity index (χ0) is 14.4. The van der Waals surface area contributed by atoms with E-state index in [1.807, 2.05) is 6.92 Å². The standard InChI is InChI=1S/C14H22N4O2/c1-12-11-13(18(19)20)3-4-14(12)16-5-2-8-17-9-6-15-7-10-17/h3-4,11,15-16H,2,5-10H2,1H3. The number of hydrogen-bond donors (Lipinski definition) is 2. The second-order valence-corrected chi connectivity index (χ2v) is 5.13. The summed E-state index contributed by atoms with van der Waals surface area (Å²) in [4.78, 5) is 12.8. The Balaban J connectivity index is 1.74. The number of benzene rings is 1. The van der Waals surface area contributed by atoms with Crippen molar-refractivity contribution in [1.29, 1.82) is 0 Å². The van der Waals surface area contributed by atoms with E-state index in [0.717, 1.165) is 56.9 Å². The Morgan fingerprint density at radius 3 is 2.80 bits per heavy atom. The molecule has 1 saturated heterocycles. The summed E-state index contributed by atoms with van der Waals surface area (Å²) in [6.45, 7) is 8.28. The molecule has 0 saturated carbocycles. The second kappa shape index (κ2) is 7.21. The highest BCUT2D eigenvalue weighted by molar-refractivity contribution is 5.55. The zero-order valence-electron chi connectivity index (χ0n) is 11.9. The third-order valence-electron chi connectivity index (χ3n) is 3.60. The maximum atomic E-state index is 10.7. The van der Waals surface area contributed by atoms with Crippen molar-refractivity contribution in [2.24, 2.45) is 0 Å². The van der Waals surface area contributed by atoms with Gasteiger partial charge in [-0.05, 0) is 31.5 Å². The van der Waals surface area contributed by atoms with Gasteiger partial charge in [0.15, 0.2) is 0 Å². The minimum absolute atomic E-state index is 0.147. The van der Waals surface area contributed by atoms with E-state index in [-0.39, 0.29) is 10.6 Å². The van der Waals surface area contributed by atoms with Crippen molar-refractivity contribution >= 4 is 11.4 Å². The summed E-state index contributed by atoms with van der Waals surface area (Å²) in [5, 5.41) is 17.4. The maximum absolute atomic E-state index is 10.7. The predicted molar refractivity (Wildman–Crippen MR) is 80.2 cm³/mol. The van der Waals surface area contributed by atoms with Crippen molar-refractivity contribution in [3.05, 3.63) is 33.9 Å². The van der Waals surface area contributed by atoms with Gasteiger partial charge in [0.2, 0.25) is 0 Å². The summed E-state index contributed by atoms with van der Waals surface area (Å²) in [6.07, 6.45) is 1.08. The van der Waals surface area contributed by atoms with Gasteiger partial charge in [0, 0.05) is 50.5 Å². The Morgan fingerprint density at radius 1 is 1.40 bits per heavy atom. The van der Waals surface area contributed by atoms with Crippen LogP contribution in [0.3, 0.4) is 0 Å². The number of nitrogens with one attached hydrogen (secondary N) is 2. The van der Waals surface area contributed by atoms with Gasteiger partial charge in [-0.25, -0.2) is 0 Å². The third kappa shape index (κ3) is 4.18. The summed E-state index contributed by atoms with van der Waals surface area (Å²) in [5.41, 5.74) is 2.05. The van der Waals surface area contributed by atoms with Gasteiger partial charge in [-0.1, -0.05) is 0 Å². The quantitative estimate of drug-likeness (QED) is 0.470. The molecule has 0 amide bonds. The number of non-ortho nitro benzene ring substituents is 1. The van der Waals surface area contributed by atoms with Gasteiger partial charge in [-0.3, -0.25) is 10.1 Å². The molecule has 0 aromatic heterocycles. The normalized spacial score (nSPS) is 16.1. The molecule has 110 valence electrons. The molecule has 0 bridgehead atoms. The molecule has 6 nitrogen and oxygen atoms in total. The number of rotatable bonds is 6. The Hall–Kier alpha value is -1.66. The first-order valence-electron chi connectivity index (χ1n) is 7.09. The number of hydrogen-bond acceptors (Lipinski definition) is 5. The molecule has 0 radical (unpaired) electrons. The van der Waals surface area contributed by atoms with E-state index in [2.05, 4.69) is 15.5 Å². The number of piperazine rings is 1. The lowest BCUT2D eigenvalue weighted by molar-refractivity contribution is -0.384. The zero-order valence-corrected chi connectivity index (χ0v) is 11.9. The third-order valence-corrected chi connectivity index (χ3v) is 3.60. The highest BCUT2D eigenvalue weighted by atomic mass is 16.6. The van der Waals surface area contributed by atoms with E-state index in [0.29, 0.717) is 0 Å². The number of aryl methyl sites for hydroxylation is 1. The average molecular weight is 278 g/mol. The fraction of sp³-hybridized carbons (Fsp3) is 0.571. The largest absolute Gasteiger partial charge is 0.385 e. The van der Waals surface area contributed by atoms with Crippen molar-refractivity contribution in [1.82, 2.24) is 10.2 Å². The summed E-state index contributed by atoms with van der Waals surface area (Å²) >= 11 is 0. The van der Waals surface area contributed by atoms with E-state index in [1.165, 1.54) is 0 Å². The highest BCUT2D eigenvalue weighted by Crippen LogP contribution is 2.20. The SMILES string of the molecule is Cc1cc([N+](=O)[O-])ccc1NCCCN1CCNCC1. The first kappa shape index (κ1) is 14.7. The van der Waals surface area contributed by atoms with E-state index in [9.17, 15) is 10.1 Å². The highest BCUT2D eigenvalue weighted by Gasteiger charge is 2.09. The fourth-order valence-corrected chi connectivity index (χ4v) is 2.42. The molecular weight excluding hydrogens is 256 g/mol. The molecule has 0 unspecified atom stereocenters. The number of nitro benzene ring substituents is 1. The van der Waals surface area contributed by atoms with Crippen molar-refractivity contribution in [2.75, 3.05) is 44.6 Å². The van der Waals surface area contributed by atoms with Gasteiger partial charge in [-0.15, -0.1) is 0 Å². The van der Waals surface area contributed by atoms with E-state index < -0.39 is 0 Å². The number of nitro groups is 1. The Bertz CT molecular complexity index is 458. The Morgan fingerprint density at radius 2 is 2.15 bits per heavy atom. The van der Waals surface area contributed by atoms with Gasteiger partial charge in [-0.2, -0.15) is 0 Å². The second-order valence-electron chi connectivity index (χ2n) is 5.13. The van der Waals surface area contributed by atoms with Crippen LogP contribution in [0.1, 0.15) is 12.0 Å². The molecule has 1 aromatic carbocycles. The first-order chi connectivity index (χ1) is 9.66. The van der Waals surface area contributed by atoms with Gasteiger partial charge in [0.1, 0.15) is 0 Å². The van der Waals surface area contributed by atoms with Crippen LogP contribution in [0.2, 0.25) is 0 Å². The van der Waals surface area contributed by atoms with Crippen molar-refractivity contribution in [3.8, 4) is 0 Å². The molecule has 1 heterocycles. The summed E-state index contributed by atoms with van der Waals surface area (Å²) in [7, 11) is 0. The van der Waals surface area contributed by atoms with Crippen LogP contribution < -0.4 is 10.6 Å². The molecule has 1 aliphatic rings. The van der Waals surface area contributed by atoms with Gasteiger partial charge in [0.25, 0.3) is 5.69 Å². The summed E-state index contributed by atoms with van der Waals surface area (Å²) in [6, 6.07) is 4.95. The van der Waals surface area contributed by atoms with Crippen LogP contribution in [-0.2, 0) is 0 Å². The topological polar surface area (TPSA) is 70.4 Å². The minimum atomic E-state index is -0.360. The van der Waals surface area contributed by atoms with Crippen LogP contribution in [0.25, 0.3) is 0 Å². The molecule has 1 aromatic rings. The van der Waals surface area contributed by atoms with E-state index in [1.54, 1.807) is 18.2 Å². The average Bonchev–Trinajstić information content (AvgIpc) is 2.46. The Kier molecular flexibility index (Phi) is 5.31. The van der Waals surface area contributed by atoms with Crippen LogP contribution in [0, 0.1) is 17.0 Å². The summed E-state index contributed by atoms with van der Waals surface area (Å²) < 4.78 is 0. The molecule has 20 heavy (non-hydrogen) atoms. The van der Waals surface area contributed by atoms with E-state index >= 15 is 0 Å². The number of anilines is 1. The minimum Gasteiger partial charge on any atom is -0.385 e. The van der Waals surface area contributed by atoms with E-state index in [4.69, 9.17) is 0 Å². The monoisotopic (exact) mass is 278 g/mol. The molecule has 2 rings (SSSR count). The molecule has 2 N–H and O–H groups in total. The van der Waals surface area contributed by atoms with Gasteiger partial charge >= 0.3 is 0 Å². The molecule has 6 heteroatoms. The molecule has 0 aliphatic carbocycles. The van der Waals surface area contributed by atoms with Crippen LogP contribution in [0.5, 0.6) is 0 Å². The molecular formula is C14H22N4O2. The molecule has 0 spiro atoms. The summed E-state index contributed by atoms with van der Waals surface area (Å²) in [5.74, 6) is 0. The Labute approximate surface area is 119 Å². The van der Waals surface area contributed by atoms with Crippen molar-refractivity contribution < 1.29 is 4.92 Å². The van der Waals surface area contributed by atoms with Gasteiger partial charge < -0.3 is 15.5 Å². The lowest BCUT2D eigenvalue weighted by atomic mass is 10.1. The fourth-order valence-electron chi connectivity index (χ4n) is 2.42. The van der Waals surface area contributed by atoms with Crippen molar-refractivity contribution in [3.63, 3.8) is 0 Å². The molecule has 0 atom stereocenters. The smallest absolute Gasteiger partial charge is 0.269 e. The first-order valence-corrected chi connectivity index (χ1v) is 7.09. The van der Waals surface area contributed by atoms with Crippen LogP contribution in [-0.4, -0.2) is 49.1 Å². The molecule has 1 fully saturated rings. The van der Waals surface area contributed by atoms with Crippen LogP contribution >= 0.6 is 0 Å². The van der Waals surface area contributed by atoms with Crippen LogP contribution in [0.4, 0.5) is 11.4 Å². The van der Waals surface area contributed by atoms with Crippen molar-refractivity contribution in [2.45, 2.75) is 13.3 Å². The molecule has 1 aliphatic heterocycles. The number of nitrogens with zero attached hydrogens (tertiary/aromatic N) is 2. The predicted octanol–water partition coefficient (Wildman–Crippen LogP) is 1.61. The maximum Gasteiger partial charge on any atom is 0.269 e. The lowest BCUT2D eigenvalue weighted by Gasteiger charge is -2.27. The lowest BCUT2D eigenvalue weighted by Crippen LogP contribution is -2.44. The van der Waals surface area contributed by atoms with Crippen LogP contribution in [0.15, 0.2) is 18.2 Å². The van der Waals surface area contributed by atoms with Gasteiger partial charge in [0.05, 0.1) is 4.92 Å².